The molecular weight excluding hydrogens is 387 g/mol. The zero-order valence-corrected chi connectivity index (χ0v) is 16.5. The molecule has 0 aliphatic carbocycles. The van der Waals surface area contributed by atoms with E-state index in [0.29, 0.717) is 50.7 Å². The number of rotatable bonds is 5. The zero-order valence-electron chi connectivity index (χ0n) is 15.7. The van der Waals surface area contributed by atoms with E-state index in [9.17, 15) is 13.2 Å². The lowest BCUT2D eigenvalue weighted by atomic mass is 9.73. The Labute approximate surface area is 166 Å². The Morgan fingerprint density at radius 2 is 2.00 bits per heavy atom. The standard InChI is InChI=1S/C20H24F3N3OS/c1-24-18(25-12-15-5-10-28-13-15)26-14-19(6-8-27-9-7-19)16-3-2-4-17(11-16)20(21,22)23/h2-5,10-11,13H,6-9,12,14H2,1H3,(H2,24,25,26). The Bertz CT molecular complexity index is 784. The summed E-state index contributed by atoms with van der Waals surface area (Å²) in [5.74, 6) is 0.629. The third kappa shape index (κ3) is 5.05. The topological polar surface area (TPSA) is 45.7 Å². The molecule has 1 aliphatic heterocycles. The highest BCUT2D eigenvalue weighted by atomic mass is 32.1. The van der Waals surface area contributed by atoms with E-state index in [-0.39, 0.29) is 0 Å². The number of hydrogen-bond acceptors (Lipinski definition) is 3. The molecular formula is C20H24F3N3OS. The molecule has 0 atom stereocenters. The van der Waals surface area contributed by atoms with Crippen LogP contribution in [-0.4, -0.2) is 32.8 Å². The van der Waals surface area contributed by atoms with Gasteiger partial charge in [0.05, 0.1) is 5.56 Å². The summed E-state index contributed by atoms with van der Waals surface area (Å²) in [7, 11) is 1.68. The van der Waals surface area contributed by atoms with Gasteiger partial charge in [-0.05, 0) is 46.9 Å². The normalized spacial score (nSPS) is 17.4. The molecule has 1 fully saturated rings. The SMILES string of the molecule is CN=C(NCc1ccsc1)NCC1(c2cccc(C(F)(F)F)c2)CCOCC1. The van der Waals surface area contributed by atoms with Crippen molar-refractivity contribution in [3.8, 4) is 0 Å². The highest BCUT2D eigenvalue weighted by Gasteiger charge is 2.37. The van der Waals surface area contributed by atoms with Crippen LogP contribution in [-0.2, 0) is 22.9 Å². The minimum absolute atomic E-state index is 0.431. The maximum Gasteiger partial charge on any atom is 0.416 e. The second-order valence-electron chi connectivity index (χ2n) is 6.88. The Balaban J connectivity index is 1.74. The smallest absolute Gasteiger partial charge is 0.381 e. The predicted octanol–water partition coefficient (Wildman–Crippen LogP) is 4.18. The van der Waals surface area contributed by atoms with Crippen LogP contribution in [0.25, 0.3) is 0 Å². The van der Waals surface area contributed by atoms with Crippen LogP contribution in [0.5, 0.6) is 0 Å². The van der Waals surface area contributed by atoms with Gasteiger partial charge in [-0.2, -0.15) is 24.5 Å². The van der Waals surface area contributed by atoms with Crippen LogP contribution in [0.15, 0.2) is 46.1 Å². The summed E-state index contributed by atoms with van der Waals surface area (Å²) in [5.41, 5.74) is 0.799. The van der Waals surface area contributed by atoms with E-state index < -0.39 is 17.2 Å². The van der Waals surface area contributed by atoms with Gasteiger partial charge in [-0.25, -0.2) is 0 Å². The molecule has 3 rings (SSSR count). The first-order valence-corrected chi connectivity index (χ1v) is 10.1. The van der Waals surface area contributed by atoms with Crippen molar-refractivity contribution in [1.82, 2.24) is 10.6 Å². The molecule has 28 heavy (non-hydrogen) atoms. The summed E-state index contributed by atoms with van der Waals surface area (Å²) in [5, 5.41) is 10.6. The van der Waals surface area contributed by atoms with Crippen LogP contribution in [0.4, 0.5) is 13.2 Å². The summed E-state index contributed by atoms with van der Waals surface area (Å²) in [4.78, 5) is 4.24. The van der Waals surface area contributed by atoms with Crippen LogP contribution >= 0.6 is 11.3 Å². The summed E-state index contributed by atoms with van der Waals surface area (Å²) < 4.78 is 45.1. The summed E-state index contributed by atoms with van der Waals surface area (Å²) in [6.07, 6.45) is -3.04. The second kappa shape index (κ2) is 8.96. The molecule has 152 valence electrons. The van der Waals surface area contributed by atoms with Gasteiger partial charge in [0, 0.05) is 38.8 Å². The molecule has 2 aromatic rings. The fourth-order valence-corrected chi connectivity index (χ4v) is 4.08. The van der Waals surface area contributed by atoms with Crippen LogP contribution in [0.2, 0.25) is 0 Å². The molecule has 0 bridgehead atoms. The molecule has 1 aliphatic rings. The van der Waals surface area contributed by atoms with Crippen LogP contribution < -0.4 is 10.6 Å². The molecule has 1 saturated heterocycles. The van der Waals surface area contributed by atoms with Crippen molar-refractivity contribution < 1.29 is 17.9 Å². The fourth-order valence-electron chi connectivity index (χ4n) is 3.41. The van der Waals surface area contributed by atoms with Gasteiger partial charge in [-0.1, -0.05) is 18.2 Å². The van der Waals surface area contributed by atoms with E-state index in [4.69, 9.17) is 4.74 Å². The summed E-state index contributed by atoms with van der Waals surface area (Å²) in [6.45, 7) is 2.18. The minimum atomic E-state index is -4.35. The number of thiophene rings is 1. The lowest BCUT2D eigenvalue weighted by Gasteiger charge is -2.38. The molecule has 2 N–H and O–H groups in total. The van der Waals surface area contributed by atoms with Crippen molar-refractivity contribution in [3.05, 3.63) is 57.8 Å². The number of benzene rings is 1. The molecule has 0 radical (unpaired) electrons. The van der Waals surface area contributed by atoms with Gasteiger partial charge in [0.1, 0.15) is 0 Å². The molecule has 1 aromatic heterocycles. The number of alkyl halides is 3. The Morgan fingerprint density at radius 1 is 1.21 bits per heavy atom. The van der Waals surface area contributed by atoms with E-state index in [1.807, 2.05) is 11.4 Å². The average molecular weight is 411 g/mol. The van der Waals surface area contributed by atoms with Crippen molar-refractivity contribution >= 4 is 17.3 Å². The molecule has 0 unspecified atom stereocenters. The Kier molecular flexibility index (Phi) is 6.61. The van der Waals surface area contributed by atoms with Crippen molar-refractivity contribution in [2.24, 2.45) is 4.99 Å². The monoisotopic (exact) mass is 411 g/mol. The third-order valence-corrected chi connectivity index (χ3v) is 5.84. The Morgan fingerprint density at radius 3 is 2.64 bits per heavy atom. The molecule has 0 amide bonds. The molecule has 0 spiro atoms. The third-order valence-electron chi connectivity index (χ3n) is 5.11. The fraction of sp³-hybridized carbons (Fsp3) is 0.450. The van der Waals surface area contributed by atoms with Crippen molar-refractivity contribution in [1.29, 1.82) is 0 Å². The van der Waals surface area contributed by atoms with E-state index in [2.05, 4.69) is 21.0 Å². The molecule has 1 aromatic carbocycles. The van der Waals surface area contributed by atoms with Gasteiger partial charge in [0.2, 0.25) is 0 Å². The Hall–Kier alpha value is -2.06. The second-order valence-corrected chi connectivity index (χ2v) is 7.66. The highest BCUT2D eigenvalue weighted by Crippen LogP contribution is 2.37. The summed E-state index contributed by atoms with van der Waals surface area (Å²) in [6, 6.07) is 7.69. The van der Waals surface area contributed by atoms with Crippen LogP contribution in [0.3, 0.4) is 0 Å². The lowest BCUT2D eigenvalue weighted by molar-refractivity contribution is -0.137. The average Bonchev–Trinajstić information content (AvgIpc) is 3.22. The van der Waals surface area contributed by atoms with E-state index in [1.54, 1.807) is 24.5 Å². The maximum absolute atomic E-state index is 13.2. The minimum Gasteiger partial charge on any atom is -0.381 e. The first-order chi connectivity index (χ1) is 13.4. The number of halogens is 3. The predicted molar refractivity (Wildman–Crippen MR) is 106 cm³/mol. The lowest BCUT2D eigenvalue weighted by Crippen LogP contribution is -2.48. The van der Waals surface area contributed by atoms with Crippen molar-refractivity contribution in [2.75, 3.05) is 26.8 Å². The van der Waals surface area contributed by atoms with Gasteiger partial charge in [0.15, 0.2) is 5.96 Å². The van der Waals surface area contributed by atoms with Crippen LogP contribution in [0.1, 0.15) is 29.5 Å². The number of ether oxygens (including phenoxy) is 1. The largest absolute Gasteiger partial charge is 0.416 e. The van der Waals surface area contributed by atoms with E-state index in [1.165, 1.54) is 12.1 Å². The van der Waals surface area contributed by atoms with Gasteiger partial charge in [-0.15, -0.1) is 0 Å². The molecule has 4 nitrogen and oxygen atoms in total. The van der Waals surface area contributed by atoms with E-state index in [0.717, 1.165) is 11.6 Å². The highest BCUT2D eigenvalue weighted by molar-refractivity contribution is 7.07. The summed E-state index contributed by atoms with van der Waals surface area (Å²) >= 11 is 1.63. The first kappa shape index (κ1) is 20.7. The number of nitrogens with one attached hydrogen (secondary N) is 2. The van der Waals surface area contributed by atoms with Crippen molar-refractivity contribution in [2.45, 2.75) is 31.0 Å². The van der Waals surface area contributed by atoms with Gasteiger partial charge in [0.25, 0.3) is 0 Å². The molecule has 8 heteroatoms. The number of guanidine groups is 1. The number of hydrogen-bond donors (Lipinski definition) is 2. The maximum atomic E-state index is 13.2. The van der Waals surface area contributed by atoms with Gasteiger partial charge >= 0.3 is 6.18 Å². The number of nitrogens with zero attached hydrogens (tertiary/aromatic N) is 1. The molecule has 2 heterocycles. The first-order valence-electron chi connectivity index (χ1n) is 9.14. The van der Waals surface area contributed by atoms with Gasteiger partial charge in [-0.3, -0.25) is 4.99 Å². The van der Waals surface area contributed by atoms with E-state index >= 15 is 0 Å². The zero-order chi connectivity index (χ0) is 20.0. The van der Waals surface area contributed by atoms with Crippen molar-refractivity contribution in [3.63, 3.8) is 0 Å². The van der Waals surface area contributed by atoms with Crippen LogP contribution in [0, 0.1) is 0 Å². The quantitative estimate of drug-likeness (QED) is 0.573. The molecule has 0 saturated carbocycles. The number of aliphatic imine (C=N–C) groups is 1. The van der Waals surface area contributed by atoms with Gasteiger partial charge < -0.3 is 15.4 Å².